The van der Waals surface area contributed by atoms with E-state index in [4.69, 9.17) is 0 Å². The van der Waals surface area contributed by atoms with E-state index in [1.54, 1.807) is 6.07 Å². The zero-order valence-electron chi connectivity index (χ0n) is 14.5. The van der Waals surface area contributed by atoms with Crippen molar-refractivity contribution in [1.29, 1.82) is 0 Å². The number of benzene rings is 1. The lowest BCUT2D eigenvalue weighted by Gasteiger charge is -2.11. The topological polar surface area (TPSA) is 81.3 Å². The number of rotatable bonds is 7. The molecular formula is C17H25FIN5O. The minimum atomic E-state index is -0.249. The first kappa shape index (κ1) is 21.2. The average Bonchev–Trinajstić information content (AvgIpc) is 2.95. The molecule has 0 fully saturated rings. The number of aromatic nitrogens is 1. The van der Waals surface area contributed by atoms with E-state index < -0.39 is 0 Å². The van der Waals surface area contributed by atoms with E-state index >= 15 is 0 Å². The van der Waals surface area contributed by atoms with Gasteiger partial charge in [0, 0.05) is 36.7 Å². The number of carbonyl (C=O) groups is 1. The van der Waals surface area contributed by atoms with Gasteiger partial charge in [-0.15, -0.1) is 24.0 Å². The summed E-state index contributed by atoms with van der Waals surface area (Å²) in [5.41, 5.74) is 1.90. The second-order valence-corrected chi connectivity index (χ2v) is 5.33. The van der Waals surface area contributed by atoms with Crippen LogP contribution in [0.5, 0.6) is 0 Å². The van der Waals surface area contributed by atoms with Crippen molar-refractivity contribution in [3.8, 4) is 0 Å². The van der Waals surface area contributed by atoms with Gasteiger partial charge in [-0.05, 0) is 44.0 Å². The molecule has 0 saturated heterocycles. The number of nitrogens with zero attached hydrogens (tertiary/aromatic N) is 1. The Morgan fingerprint density at radius 1 is 1.20 bits per heavy atom. The largest absolute Gasteiger partial charge is 0.361 e. The van der Waals surface area contributed by atoms with Crippen molar-refractivity contribution < 1.29 is 9.18 Å². The number of hydrogen-bond donors (Lipinski definition) is 4. The summed E-state index contributed by atoms with van der Waals surface area (Å²) in [5, 5.41) is 10.0. The number of aliphatic imine (C=N–C) groups is 1. The number of aromatic amines is 1. The highest BCUT2D eigenvalue weighted by molar-refractivity contribution is 14.0. The van der Waals surface area contributed by atoms with Crippen molar-refractivity contribution in [2.24, 2.45) is 4.99 Å². The number of carbonyl (C=O) groups excluding carboxylic acids is 1. The molecule has 0 radical (unpaired) electrons. The maximum absolute atomic E-state index is 13.2. The van der Waals surface area contributed by atoms with E-state index in [2.05, 4.69) is 25.9 Å². The molecule has 0 saturated carbocycles. The molecule has 1 aromatic carbocycles. The second-order valence-electron chi connectivity index (χ2n) is 5.33. The van der Waals surface area contributed by atoms with Crippen molar-refractivity contribution in [1.82, 2.24) is 20.9 Å². The summed E-state index contributed by atoms with van der Waals surface area (Å²) >= 11 is 0. The Morgan fingerprint density at radius 2 is 1.96 bits per heavy atom. The summed E-state index contributed by atoms with van der Waals surface area (Å²) in [5.74, 6) is 0.254. The highest BCUT2D eigenvalue weighted by Gasteiger charge is 2.05. The first-order chi connectivity index (χ1) is 11.6. The monoisotopic (exact) mass is 461 g/mol. The Balaban J connectivity index is 0.00000312. The van der Waals surface area contributed by atoms with Crippen LogP contribution in [-0.2, 0) is 11.2 Å². The van der Waals surface area contributed by atoms with Gasteiger partial charge < -0.3 is 20.9 Å². The fourth-order valence-corrected chi connectivity index (χ4v) is 2.43. The predicted octanol–water partition coefficient (Wildman–Crippen LogP) is 2.16. The van der Waals surface area contributed by atoms with E-state index in [0.717, 1.165) is 22.9 Å². The number of amides is 1. The Bertz CT molecular complexity index is 716. The molecule has 2 rings (SSSR count). The Kier molecular flexibility index (Phi) is 9.25. The third-order valence-corrected chi connectivity index (χ3v) is 3.52. The van der Waals surface area contributed by atoms with E-state index in [1.165, 1.54) is 12.1 Å². The number of hydrogen-bond acceptors (Lipinski definition) is 2. The van der Waals surface area contributed by atoms with Gasteiger partial charge in [0.2, 0.25) is 5.91 Å². The number of H-pyrrole nitrogens is 1. The molecule has 25 heavy (non-hydrogen) atoms. The molecule has 0 aliphatic rings. The van der Waals surface area contributed by atoms with Gasteiger partial charge in [0.05, 0.1) is 0 Å². The van der Waals surface area contributed by atoms with Gasteiger partial charge >= 0.3 is 0 Å². The van der Waals surface area contributed by atoms with Crippen molar-refractivity contribution in [3.05, 3.63) is 35.8 Å². The molecule has 2 aromatic rings. The Morgan fingerprint density at radius 3 is 2.68 bits per heavy atom. The SMILES string of the molecule is CCNC(=O)CN=C(NCC)NCCc1c[nH]c2cc(F)ccc12.I. The van der Waals surface area contributed by atoms with Crippen LogP contribution in [0.4, 0.5) is 4.39 Å². The second kappa shape index (κ2) is 10.9. The summed E-state index contributed by atoms with van der Waals surface area (Å²) in [6.45, 7) is 5.91. The first-order valence-corrected chi connectivity index (χ1v) is 8.18. The lowest BCUT2D eigenvalue weighted by molar-refractivity contribution is -0.119. The third kappa shape index (κ3) is 6.52. The van der Waals surface area contributed by atoms with E-state index in [0.29, 0.717) is 25.6 Å². The summed E-state index contributed by atoms with van der Waals surface area (Å²) in [6.07, 6.45) is 2.65. The van der Waals surface area contributed by atoms with Crippen LogP contribution in [0.25, 0.3) is 10.9 Å². The normalized spacial score (nSPS) is 11.1. The van der Waals surface area contributed by atoms with Crippen LogP contribution in [0.2, 0.25) is 0 Å². The standard InChI is InChI=1S/C17H24FN5O.HI/c1-3-19-16(24)11-23-17(20-4-2)21-8-7-12-10-22-15-9-13(18)5-6-14(12)15;/h5-6,9-10,22H,3-4,7-8,11H2,1-2H3,(H,19,24)(H2,20,21,23);1H. The number of likely N-dealkylation sites (N-methyl/N-ethyl adjacent to an activating group) is 1. The van der Waals surface area contributed by atoms with Crippen LogP contribution in [0.15, 0.2) is 29.4 Å². The molecule has 1 amide bonds. The number of nitrogens with one attached hydrogen (secondary N) is 4. The van der Waals surface area contributed by atoms with E-state index in [1.807, 2.05) is 20.0 Å². The van der Waals surface area contributed by atoms with Crippen LogP contribution < -0.4 is 16.0 Å². The summed E-state index contributed by atoms with van der Waals surface area (Å²) in [7, 11) is 0. The highest BCUT2D eigenvalue weighted by atomic mass is 127. The number of halogens is 2. The Hall–Kier alpha value is -1.84. The summed E-state index contributed by atoms with van der Waals surface area (Å²) in [4.78, 5) is 18.8. The molecule has 6 nitrogen and oxygen atoms in total. The summed E-state index contributed by atoms with van der Waals surface area (Å²) in [6, 6.07) is 4.74. The van der Waals surface area contributed by atoms with Crippen LogP contribution in [0.1, 0.15) is 19.4 Å². The first-order valence-electron chi connectivity index (χ1n) is 8.18. The summed E-state index contributed by atoms with van der Waals surface area (Å²) < 4.78 is 13.2. The molecule has 0 unspecified atom stereocenters. The predicted molar refractivity (Wildman–Crippen MR) is 110 cm³/mol. The molecule has 0 aliphatic heterocycles. The molecule has 4 N–H and O–H groups in total. The van der Waals surface area contributed by atoms with Crippen molar-refractivity contribution in [2.75, 3.05) is 26.2 Å². The minimum Gasteiger partial charge on any atom is -0.361 e. The molecule has 0 aliphatic carbocycles. The minimum absolute atomic E-state index is 0. The quantitative estimate of drug-likeness (QED) is 0.290. The van der Waals surface area contributed by atoms with Crippen molar-refractivity contribution in [3.63, 3.8) is 0 Å². The van der Waals surface area contributed by atoms with Gasteiger partial charge in [0.1, 0.15) is 12.4 Å². The van der Waals surface area contributed by atoms with Crippen molar-refractivity contribution >= 4 is 46.7 Å². The van der Waals surface area contributed by atoms with Gasteiger partial charge in [-0.1, -0.05) is 0 Å². The third-order valence-electron chi connectivity index (χ3n) is 3.52. The van der Waals surface area contributed by atoms with Crippen LogP contribution >= 0.6 is 24.0 Å². The lowest BCUT2D eigenvalue weighted by atomic mass is 10.1. The molecule has 1 heterocycles. The molecule has 1 aromatic heterocycles. The highest BCUT2D eigenvalue weighted by Crippen LogP contribution is 2.19. The van der Waals surface area contributed by atoms with Crippen LogP contribution in [0.3, 0.4) is 0 Å². The maximum Gasteiger partial charge on any atom is 0.241 e. The van der Waals surface area contributed by atoms with Gasteiger partial charge in [-0.2, -0.15) is 0 Å². The molecule has 0 spiro atoms. The smallest absolute Gasteiger partial charge is 0.241 e. The lowest BCUT2D eigenvalue weighted by Crippen LogP contribution is -2.39. The maximum atomic E-state index is 13.2. The number of guanidine groups is 1. The molecular weight excluding hydrogens is 436 g/mol. The van der Waals surface area contributed by atoms with Gasteiger partial charge in [0.25, 0.3) is 0 Å². The molecule has 138 valence electrons. The van der Waals surface area contributed by atoms with Gasteiger partial charge in [-0.25, -0.2) is 9.38 Å². The molecule has 8 heteroatoms. The fraction of sp³-hybridized carbons (Fsp3) is 0.412. The zero-order valence-corrected chi connectivity index (χ0v) is 16.8. The van der Waals surface area contributed by atoms with E-state index in [9.17, 15) is 9.18 Å². The van der Waals surface area contributed by atoms with Gasteiger partial charge in [-0.3, -0.25) is 4.79 Å². The van der Waals surface area contributed by atoms with Gasteiger partial charge in [0.15, 0.2) is 5.96 Å². The zero-order chi connectivity index (χ0) is 17.4. The van der Waals surface area contributed by atoms with E-state index in [-0.39, 0.29) is 42.2 Å². The van der Waals surface area contributed by atoms with Crippen LogP contribution in [0, 0.1) is 5.82 Å². The van der Waals surface area contributed by atoms with Crippen molar-refractivity contribution in [2.45, 2.75) is 20.3 Å². The molecule has 0 bridgehead atoms. The Labute approximate surface area is 164 Å². The fourth-order valence-electron chi connectivity index (χ4n) is 2.43. The molecule has 0 atom stereocenters. The average molecular weight is 461 g/mol. The van der Waals surface area contributed by atoms with Crippen LogP contribution in [-0.4, -0.2) is 43.0 Å². The number of fused-ring (bicyclic) bond motifs is 1.